The molecule has 1 amide bonds. The second kappa shape index (κ2) is 6.11. The molecule has 0 aliphatic rings. The van der Waals surface area contributed by atoms with Crippen molar-refractivity contribution in [2.24, 2.45) is 0 Å². The molecule has 6 heteroatoms. The highest BCUT2D eigenvalue weighted by Crippen LogP contribution is 2.23. The Hall–Kier alpha value is -2.47. The standard InChI is InChI=1S/C16H15N3O2S/c1-10-4-3-5-12(8-10)15-18-13(11(2)21-15)9-14(20)19-16-17-6-7-22-16/h3-8H,9H2,1-2H3,(H,17,19,20). The van der Waals surface area contributed by atoms with Crippen molar-refractivity contribution in [2.45, 2.75) is 20.3 Å². The van der Waals surface area contributed by atoms with Crippen molar-refractivity contribution in [1.29, 1.82) is 0 Å². The topological polar surface area (TPSA) is 68.0 Å². The summed E-state index contributed by atoms with van der Waals surface area (Å²) in [6.07, 6.45) is 1.82. The molecule has 0 aliphatic carbocycles. The number of oxazole rings is 1. The number of aromatic nitrogens is 2. The Morgan fingerprint density at radius 2 is 2.23 bits per heavy atom. The summed E-state index contributed by atoms with van der Waals surface area (Å²) in [6, 6.07) is 7.92. The molecule has 0 unspecified atom stereocenters. The van der Waals surface area contributed by atoms with Gasteiger partial charge in [-0.25, -0.2) is 9.97 Å². The van der Waals surface area contributed by atoms with Crippen LogP contribution >= 0.6 is 11.3 Å². The summed E-state index contributed by atoms with van der Waals surface area (Å²) in [4.78, 5) is 20.5. The van der Waals surface area contributed by atoms with Crippen LogP contribution in [0.15, 0.2) is 40.3 Å². The minimum absolute atomic E-state index is 0.151. The molecule has 1 N–H and O–H groups in total. The van der Waals surface area contributed by atoms with E-state index in [9.17, 15) is 4.79 Å². The van der Waals surface area contributed by atoms with Crippen LogP contribution in [0.3, 0.4) is 0 Å². The van der Waals surface area contributed by atoms with Gasteiger partial charge in [-0.15, -0.1) is 11.3 Å². The van der Waals surface area contributed by atoms with Crippen LogP contribution in [0.4, 0.5) is 5.13 Å². The second-order valence-electron chi connectivity index (χ2n) is 4.95. The average molecular weight is 313 g/mol. The number of carbonyl (C=O) groups excluding carboxylic acids is 1. The summed E-state index contributed by atoms with van der Waals surface area (Å²) < 4.78 is 5.69. The number of hydrogen-bond donors (Lipinski definition) is 1. The molecule has 2 aromatic heterocycles. The number of carbonyl (C=O) groups is 1. The largest absolute Gasteiger partial charge is 0.441 e. The minimum atomic E-state index is -0.151. The summed E-state index contributed by atoms with van der Waals surface area (Å²) >= 11 is 1.38. The molecule has 0 spiro atoms. The predicted molar refractivity (Wildman–Crippen MR) is 85.9 cm³/mol. The number of nitrogens with zero attached hydrogens (tertiary/aromatic N) is 2. The van der Waals surface area contributed by atoms with Gasteiger partial charge in [0.25, 0.3) is 0 Å². The second-order valence-corrected chi connectivity index (χ2v) is 5.85. The van der Waals surface area contributed by atoms with E-state index in [-0.39, 0.29) is 12.3 Å². The van der Waals surface area contributed by atoms with Gasteiger partial charge in [-0.1, -0.05) is 17.7 Å². The Balaban J connectivity index is 1.76. The molecule has 0 saturated carbocycles. The van der Waals surface area contributed by atoms with Gasteiger partial charge in [0.2, 0.25) is 11.8 Å². The van der Waals surface area contributed by atoms with Crippen LogP contribution in [0.1, 0.15) is 17.0 Å². The van der Waals surface area contributed by atoms with Crippen molar-refractivity contribution in [2.75, 3.05) is 5.32 Å². The molecular formula is C16H15N3O2S. The lowest BCUT2D eigenvalue weighted by atomic mass is 10.1. The molecule has 3 aromatic rings. The molecular weight excluding hydrogens is 298 g/mol. The smallest absolute Gasteiger partial charge is 0.232 e. The number of aryl methyl sites for hydroxylation is 2. The first-order valence-corrected chi connectivity index (χ1v) is 7.72. The highest BCUT2D eigenvalue weighted by atomic mass is 32.1. The zero-order chi connectivity index (χ0) is 15.5. The molecule has 0 radical (unpaired) electrons. The summed E-state index contributed by atoms with van der Waals surface area (Å²) in [6.45, 7) is 3.83. The van der Waals surface area contributed by atoms with Crippen molar-refractivity contribution < 1.29 is 9.21 Å². The van der Waals surface area contributed by atoms with Crippen LogP contribution in [0, 0.1) is 13.8 Å². The van der Waals surface area contributed by atoms with Crippen molar-refractivity contribution >= 4 is 22.4 Å². The summed E-state index contributed by atoms with van der Waals surface area (Å²) in [5.74, 6) is 1.05. The molecule has 2 heterocycles. The average Bonchev–Trinajstić information content (AvgIpc) is 3.10. The number of hydrogen-bond acceptors (Lipinski definition) is 5. The van der Waals surface area contributed by atoms with Crippen LogP contribution in [-0.4, -0.2) is 15.9 Å². The molecule has 0 aliphatic heterocycles. The Bertz CT molecular complexity index is 794. The zero-order valence-electron chi connectivity index (χ0n) is 12.3. The van der Waals surface area contributed by atoms with Crippen molar-refractivity contribution in [3.63, 3.8) is 0 Å². The minimum Gasteiger partial charge on any atom is -0.441 e. The lowest BCUT2D eigenvalue weighted by Gasteiger charge is -1.99. The monoisotopic (exact) mass is 313 g/mol. The van der Waals surface area contributed by atoms with Crippen LogP contribution in [0.5, 0.6) is 0 Å². The number of amides is 1. The molecule has 0 atom stereocenters. The van der Waals surface area contributed by atoms with E-state index < -0.39 is 0 Å². The third-order valence-corrected chi connectivity index (χ3v) is 3.85. The quantitative estimate of drug-likeness (QED) is 0.799. The lowest BCUT2D eigenvalue weighted by Crippen LogP contribution is -2.14. The van der Waals surface area contributed by atoms with Crippen LogP contribution < -0.4 is 5.32 Å². The SMILES string of the molecule is Cc1cccc(-c2nc(CC(=O)Nc3nccs3)c(C)o2)c1. The summed E-state index contributed by atoms with van der Waals surface area (Å²) in [5, 5.41) is 5.14. The van der Waals surface area contributed by atoms with Crippen LogP contribution in [-0.2, 0) is 11.2 Å². The van der Waals surface area contributed by atoms with E-state index in [2.05, 4.69) is 15.3 Å². The van der Waals surface area contributed by atoms with Gasteiger partial charge < -0.3 is 9.73 Å². The lowest BCUT2D eigenvalue weighted by molar-refractivity contribution is -0.115. The molecule has 0 fully saturated rings. The fraction of sp³-hybridized carbons (Fsp3) is 0.188. The van der Waals surface area contributed by atoms with Crippen molar-refractivity contribution in [3.05, 3.63) is 52.9 Å². The molecule has 0 saturated heterocycles. The summed E-state index contributed by atoms with van der Waals surface area (Å²) in [5.41, 5.74) is 2.69. The highest BCUT2D eigenvalue weighted by molar-refractivity contribution is 7.13. The predicted octanol–water partition coefficient (Wildman–Crippen LogP) is 3.60. The van der Waals surface area contributed by atoms with Gasteiger partial charge >= 0.3 is 0 Å². The first-order valence-electron chi connectivity index (χ1n) is 6.84. The molecule has 3 rings (SSSR count). The van der Waals surface area contributed by atoms with Crippen LogP contribution in [0.2, 0.25) is 0 Å². The molecule has 112 valence electrons. The summed E-state index contributed by atoms with van der Waals surface area (Å²) in [7, 11) is 0. The van der Waals surface area contributed by atoms with Gasteiger partial charge in [-0.2, -0.15) is 0 Å². The van der Waals surface area contributed by atoms with Gasteiger partial charge in [0, 0.05) is 17.1 Å². The number of benzene rings is 1. The maximum Gasteiger partial charge on any atom is 0.232 e. The third kappa shape index (κ3) is 3.23. The van der Waals surface area contributed by atoms with Gasteiger partial charge in [0.1, 0.15) is 5.76 Å². The Morgan fingerprint density at radius 3 is 2.95 bits per heavy atom. The third-order valence-electron chi connectivity index (χ3n) is 3.16. The van der Waals surface area contributed by atoms with E-state index in [0.29, 0.717) is 22.5 Å². The van der Waals surface area contributed by atoms with E-state index in [1.165, 1.54) is 11.3 Å². The highest BCUT2D eigenvalue weighted by Gasteiger charge is 2.15. The Morgan fingerprint density at radius 1 is 1.36 bits per heavy atom. The van der Waals surface area contributed by atoms with Gasteiger partial charge in [0.15, 0.2) is 5.13 Å². The molecule has 1 aromatic carbocycles. The van der Waals surface area contributed by atoms with E-state index in [0.717, 1.165) is 11.1 Å². The van der Waals surface area contributed by atoms with E-state index in [4.69, 9.17) is 4.42 Å². The molecule has 0 bridgehead atoms. The normalized spacial score (nSPS) is 10.6. The Labute approximate surface area is 132 Å². The first kappa shape index (κ1) is 14.5. The number of rotatable bonds is 4. The van der Waals surface area contributed by atoms with Gasteiger partial charge in [-0.05, 0) is 26.0 Å². The Kier molecular flexibility index (Phi) is 4.02. The van der Waals surface area contributed by atoms with Crippen molar-refractivity contribution in [3.8, 4) is 11.5 Å². The van der Waals surface area contributed by atoms with Gasteiger partial charge in [0.05, 0.1) is 12.1 Å². The molecule has 5 nitrogen and oxygen atoms in total. The van der Waals surface area contributed by atoms with Gasteiger partial charge in [-0.3, -0.25) is 4.79 Å². The van der Waals surface area contributed by atoms with Crippen molar-refractivity contribution in [1.82, 2.24) is 9.97 Å². The number of nitrogens with one attached hydrogen (secondary N) is 1. The maximum atomic E-state index is 12.0. The first-order chi connectivity index (χ1) is 10.6. The molecule has 22 heavy (non-hydrogen) atoms. The number of anilines is 1. The fourth-order valence-corrected chi connectivity index (χ4v) is 2.64. The van der Waals surface area contributed by atoms with E-state index in [1.54, 1.807) is 6.20 Å². The number of thiazole rings is 1. The van der Waals surface area contributed by atoms with E-state index in [1.807, 2.05) is 43.5 Å². The van der Waals surface area contributed by atoms with Crippen LogP contribution in [0.25, 0.3) is 11.5 Å². The fourth-order valence-electron chi connectivity index (χ4n) is 2.09. The zero-order valence-corrected chi connectivity index (χ0v) is 13.1. The maximum absolute atomic E-state index is 12.0. The van der Waals surface area contributed by atoms with E-state index >= 15 is 0 Å².